The molecule has 1 aromatic rings. The molecule has 0 radical (unpaired) electrons. The van der Waals surface area contributed by atoms with Crippen LogP contribution in [0.2, 0.25) is 0 Å². The van der Waals surface area contributed by atoms with Gasteiger partial charge in [0.15, 0.2) is 6.10 Å². The number of hydrogen-bond acceptors (Lipinski definition) is 4. The van der Waals surface area contributed by atoms with E-state index in [9.17, 15) is 4.79 Å². The number of hydrogen-bond donors (Lipinski definition) is 1. The molecule has 5 heteroatoms. The van der Waals surface area contributed by atoms with Gasteiger partial charge in [-0.1, -0.05) is 6.92 Å². The molecule has 0 saturated carbocycles. The molecule has 0 aliphatic carbocycles. The summed E-state index contributed by atoms with van der Waals surface area (Å²) in [6.45, 7) is 6.31. The lowest BCUT2D eigenvalue weighted by atomic mass is 10.1. The van der Waals surface area contributed by atoms with E-state index in [4.69, 9.17) is 10.00 Å². The zero-order valence-electron chi connectivity index (χ0n) is 12.6. The second kappa shape index (κ2) is 7.09. The molecule has 1 unspecified atom stereocenters. The third-order valence-corrected chi connectivity index (χ3v) is 3.54. The Kier molecular flexibility index (Phi) is 5.18. The number of amides is 1. The quantitative estimate of drug-likeness (QED) is 0.922. The fraction of sp³-hybridized carbons (Fsp3) is 0.500. The molecular weight excluding hydrogens is 266 g/mol. The first-order valence-corrected chi connectivity index (χ1v) is 7.30. The van der Waals surface area contributed by atoms with Crippen molar-refractivity contribution in [1.29, 1.82) is 5.26 Å². The molecule has 1 N–H and O–H groups in total. The zero-order chi connectivity index (χ0) is 15.2. The second-order valence-electron chi connectivity index (χ2n) is 5.20. The molecule has 1 aliphatic heterocycles. The van der Waals surface area contributed by atoms with Gasteiger partial charge in [0.2, 0.25) is 0 Å². The molecule has 5 nitrogen and oxygen atoms in total. The van der Waals surface area contributed by atoms with Crippen molar-refractivity contribution in [2.24, 2.45) is 0 Å². The van der Waals surface area contributed by atoms with E-state index < -0.39 is 6.10 Å². The summed E-state index contributed by atoms with van der Waals surface area (Å²) < 4.78 is 5.27. The normalized spacial score (nSPS) is 18.1. The summed E-state index contributed by atoms with van der Waals surface area (Å²) in [6.07, 6.45) is 0.540. The lowest BCUT2D eigenvalue weighted by Gasteiger charge is -2.30. The molecule has 2 rings (SSSR count). The van der Waals surface area contributed by atoms with Crippen molar-refractivity contribution < 1.29 is 9.53 Å². The Morgan fingerprint density at radius 3 is 3.05 bits per heavy atom. The maximum absolute atomic E-state index is 12.5. The van der Waals surface area contributed by atoms with E-state index in [0.717, 1.165) is 24.2 Å². The predicted octanol–water partition coefficient (Wildman–Crippen LogP) is 2.18. The molecule has 1 heterocycles. The maximum Gasteiger partial charge on any atom is 0.254 e. The van der Waals surface area contributed by atoms with E-state index >= 15 is 0 Å². The molecule has 1 aliphatic rings. The first-order chi connectivity index (χ1) is 10.2. The Morgan fingerprint density at radius 1 is 1.57 bits per heavy atom. The summed E-state index contributed by atoms with van der Waals surface area (Å²) in [5, 5.41) is 12.2. The van der Waals surface area contributed by atoms with Crippen molar-refractivity contribution in [2.45, 2.75) is 26.4 Å². The Morgan fingerprint density at radius 2 is 2.38 bits per heavy atom. The minimum absolute atomic E-state index is 0.0382. The van der Waals surface area contributed by atoms with E-state index in [2.05, 4.69) is 18.3 Å². The van der Waals surface area contributed by atoms with Crippen molar-refractivity contribution in [2.75, 3.05) is 31.6 Å². The van der Waals surface area contributed by atoms with Gasteiger partial charge in [-0.2, -0.15) is 5.26 Å². The van der Waals surface area contributed by atoms with Gasteiger partial charge in [0.05, 0.1) is 19.2 Å². The summed E-state index contributed by atoms with van der Waals surface area (Å²) >= 11 is 0. The van der Waals surface area contributed by atoms with Gasteiger partial charge in [-0.3, -0.25) is 4.79 Å². The van der Waals surface area contributed by atoms with Crippen molar-refractivity contribution >= 4 is 11.6 Å². The average molecular weight is 287 g/mol. The molecule has 1 atom stereocenters. The van der Waals surface area contributed by atoms with Crippen molar-refractivity contribution in [3.8, 4) is 6.07 Å². The van der Waals surface area contributed by atoms with Crippen molar-refractivity contribution in [1.82, 2.24) is 4.90 Å². The zero-order valence-corrected chi connectivity index (χ0v) is 12.6. The van der Waals surface area contributed by atoms with E-state index in [0.29, 0.717) is 25.3 Å². The van der Waals surface area contributed by atoms with Crippen LogP contribution >= 0.6 is 0 Å². The van der Waals surface area contributed by atoms with Gasteiger partial charge in [0, 0.05) is 24.3 Å². The van der Waals surface area contributed by atoms with E-state index in [1.807, 2.05) is 25.1 Å². The van der Waals surface area contributed by atoms with Crippen LogP contribution in [0.25, 0.3) is 0 Å². The highest BCUT2D eigenvalue weighted by Crippen LogP contribution is 2.18. The van der Waals surface area contributed by atoms with Crippen LogP contribution in [0.15, 0.2) is 18.2 Å². The monoisotopic (exact) mass is 287 g/mol. The Labute approximate surface area is 125 Å². The summed E-state index contributed by atoms with van der Waals surface area (Å²) in [5.41, 5.74) is 2.78. The Hall–Kier alpha value is -2.06. The molecule has 0 bridgehead atoms. The number of anilines is 1. The molecular formula is C16H21N3O2. The number of aryl methyl sites for hydroxylation is 1. The Balaban J connectivity index is 2.09. The number of rotatable bonds is 4. The summed E-state index contributed by atoms with van der Waals surface area (Å²) in [5.74, 6) is -0.0382. The fourth-order valence-corrected chi connectivity index (χ4v) is 2.35. The third-order valence-electron chi connectivity index (χ3n) is 3.54. The SMILES string of the molecule is CCCNc1ccc(C(=O)N2CCOC(C#N)C2)cc1C. The first-order valence-electron chi connectivity index (χ1n) is 7.30. The van der Waals surface area contributed by atoms with E-state index in [1.54, 1.807) is 4.90 Å². The van der Waals surface area contributed by atoms with Crippen LogP contribution in [0.3, 0.4) is 0 Å². The molecule has 0 spiro atoms. The highest BCUT2D eigenvalue weighted by atomic mass is 16.5. The average Bonchev–Trinajstić information content (AvgIpc) is 2.53. The van der Waals surface area contributed by atoms with Crippen molar-refractivity contribution in [3.05, 3.63) is 29.3 Å². The van der Waals surface area contributed by atoms with Gasteiger partial charge in [-0.05, 0) is 37.1 Å². The number of ether oxygens (including phenoxy) is 1. The molecule has 1 fully saturated rings. The number of carbonyl (C=O) groups is 1. The molecule has 112 valence electrons. The van der Waals surface area contributed by atoms with Crippen molar-refractivity contribution in [3.63, 3.8) is 0 Å². The fourth-order valence-electron chi connectivity index (χ4n) is 2.35. The lowest BCUT2D eigenvalue weighted by Crippen LogP contribution is -2.45. The topological polar surface area (TPSA) is 65.4 Å². The van der Waals surface area contributed by atoms with Crippen LogP contribution in [0.4, 0.5) is 5.69 Å². The highest BCUT2D eigenvalue weighted by Gasteiger charge is 2.24. The van der Waals surface area contributed by atoms with Gasteiger partial charge in [0.1, 0.15) is 0 Å². The number of nitrogens with one attached hydrogen (secondary N) is 1. The molecule has 21 heavy (non-hydrogen) atoms. The van der Waals surface area contributed by atoms with Gasteiger partial charge in [-0.25, -0.2) is 0 Å². The van der Waals surface area contributed by atoms with Crippen LogP contribution in [-0.4, -0.2) is 43.2 Å². The minimum atomic E-state index is -0.519. The number of nitrogens with zero attached hydrogens (tertiary/aromatic N) is 2. The van der Waals surface area contributed by atoms with E-state index in [-0.39, 0.29) is 5.91 Å². The smallest absolute Gasteiger partial charge is 0.254 e. The summed E-state index contributed by atoms with van der Waals surface area (Å²) in [4.78, 5) is 14.2. The number of carbonyl (C=O) groups excluding carboxylic acids is 1. The van der Waals surface area contributed by atoms with Crippen LogP contribution < -0.4 is 5.32 Å². The minimum Gasteiger partial charge on any atom is -0.385 e. The Bertz CT molecular complexity index is 551. The molecule has 1 saturated heterocycles. The largest absolute Gasteiger partial charge is 0.385 e. The molecule has 0 aromatic heterocycles. The summed E-state index contributed by atoms with van der Waals surface area (Å²) in [6, 6.07) is 7.74. The van der Waals surface area contributed by atoms with Gasteiger partial charge in [-0.15, -0.1) is 0 Å². The molecule has 1 aromatic carbocycles. The standard InChI is InChI=1S/C16H21N3O2/c1-3-6-18-15-5-4-13(9-12(15)2)16(20)19-7-8-21-14(10-17)11-19/h4-5,9,14,18H,3,6-8,11H2,1-2H3. The maximum atomic E-state index is 12.5. The van der Waals surface area contributed by atoms with Crippen LogP contribution in [0, 0.1) is 18.3 Å². The predicted molar refractivity (Wildman–Crippen MR) is 81.2 cm³/mol. The highest BCUT2D eigenvalue weighted by molar-refractivity contribution is 5.95. The molecule has 1 amide bonds. The van der Waals surface area contributed by atoms with Gasteiger partial charge in [0.25, 0.3) is 5.91 Å². The number of benzene rings is 1. The van der Waals surface area contributed by atoms with Crippen LogP contribution in [-0.2, 0) is 4.74 Å². The third kappa shape index (κ3) is 3.73. The first kappa shape index (κ1) is 15.3. The van der Waals surface area contributed by atoms with Crippen LogP contribution in [0.5, 0.6) is 0 Å². The van der Waals surface area contributed by atoms with Crippen LogP contribution in [0.1, 0.15) is 29.3 Å². The number of nitriles is 1. The van der Waals surface area contributed by atoms with Gasteiger partial charge >= 0.3 is 0 Å². The lowest BCUT2D eigenvalue weighted by molar-refractivity contribution is 0.00346. The van der Waals surface area contributed by atoms with Gasteiger partial charge < -0.3 is 15.0 Å². The summed E-state index contributed by atoms with van der Waals surface area (Å²) in [7, 11) is 0. The second-order valence-corrected chi connectivity index (χ2v) is 5.20. The van der Waals surface area contributed by atoms with E-state index in [1.165, 1.54) is 0 Å². The number of morpholine rings is 1.